The van der Waals surface area contributed by atoms with Crippen LogP contribution < -0.4 is 4.90 Å². The first-order valence-corrected chi connectivity index (χ1v) is 19.1. The highest BCUT2D eigenvalue weighted by molar-refractivity contribution is 6.19. The number of fused-ring (bicyclic) bond motifs is 9. The summed E-state index contributed by atoms with van der Waals surface area (Å²) < 4.78 is 6.24. The van der Waals surface area contributed by atoms with Crippen molar-refractivity contribution in [2.45, 2.75) is 19.3 Å². The van der Waals surface area contributed by atoms with E-state index in [9.17, 15) is 0 Å². The summed E-state index contributed by atoms with van der Waals surface area (Å²) >= 11 is 0. The maximum atomic E-state index is 6.24. The predicted molar refractivity (Wildman–Crippen MR) is 232 cm³/mol. The van der Waals surface area contributed by atoms with E-state index in [0.29, 0.717) is 0 Å². The van der Waals surface area contributed by atoms with Gasteiger partial charge >= 0.3 is 0 Å². The third kappa shape index (κ3) is 4.95. The molecule has 9 aromatic carbocycles. The van der Waals surface area contributed by atoms with Crippen LogP contribution in [0.4, 0.5) is 17.1 Å². The number of anilines is 3. The van der Waals surface area contributed by atoms with Crippen LogP contribution in [0.15, 0.2) is 192 Å². The average Bonchev–Trinajstić information content (AvgIpc) is 3.74. The monoisotopic (exact) mass is 703 g/mol. The van der Waals surface area contributed by atoms with Crippen LogP contribution in [0.1, 0.15) is 25.0 Å². The lowest BCUT2D eigenvalue weighted by molar-refractivity contribution is 0.660. The lowest BCUT2D eigenvalue weighted by atomic mass is 9.82. The standard InChI is InChI=1S/C53H37NO/c1-53(2)46-14-7-5-12-43(46)52-47(53)15-9-16-48(52)54(41-27-22-35(23-28-41)39-20-18-34-10-3-4-11-38(34)32-39)42-29-24-36(25-30-42)40-21-19-37-26-31-50-51(45(37)33-40)44-13-6-8-17-49(44)55-50/h3-33H,1-2H3. The van der Waals surface area contributed by atoms with Crippen molar-refractivity contribution in [1.29, 1.82) is 0 Å². The van der Waals surface area contributed by atoms with Crippen molar-refractivity contribution >= 4 is 60.5 Å². The number of rotatable bonds is 5. The summed E-state index contributed by atoms with van der Waals surface area (Å²) in [6.45, 7) is 4.70. The molecule has 0 bridgehead atoms. The van der Waals surface area contributed by atoms with E-state index in [1.165, 1.54) is 77.1 Å². The molecule has 55 heavy (non-hydrogen) atoms. The first-order chi connectivity index (χ1) is 27.0. The Balaban J connectivity index is 1.04. The van der Waals surface area contributed by atoms with Crippen LogP contribution in [0.5, 0.6) is 0 Å². The number of hydrogen-bond acceptors (Lipinski definition) is 2. The second-order valence-corrected chi connectivity index (χ2v) is 15.3. The molecule has 0 aliphatic heterocycles. The average molecular weight is 704 g/mol. The Kier molecular flexibility index (Phi) is 6.93. The largest absolute Gasteiger partial charge is 0.456 e. The molecule has 0 saturated heterocycles. The Morgan fingerprint density at radius 1 is 0.418 bits per heavy atom. The van der Waals surface area contributed by atoms with E-state index < -0.39 is 0 Å². The molecule has 0 saturated carbocycles. The molecule has 1 aromatic heterocycles. The zero-order chi connectivity index (χ0) is 36.7. The number of benzene rings is 9. The molecule has 0 radical (unpaired) electrons. The maximum Gasteiger partial charge on any atom is 0.136 e. The minimum Gasteiger partial charge on any atom is -0.456 e. The fourth-order valence-electron chi connectivity index (χ4n) is 9.05. The van der Waals surface area contributed by atoms with Gasteiger partial charge in [0.2, 0.25) is 0 Å². The highest BCUT2D eigenvalue weighted by atomic mass is 16.3. The van der Waals surface area contributed by atoms with Gasteiger partial charge in [-0.2, -0.15) is 0 Å². The van der Waals surface area contributed by atoms with Crippen LogP contribution in [0.25, 0.3) is 76.9 Å². The summed E-state index contributed by atoms with van der Waals surface area (Å²) in [6.07, 6.45) is 0. The van der Waals surface area contributed by atoms with Gasteiger partial charge in [0.1, 0.15) is 11.2 Å². The van der Waals surface area contributed by atoms with Gasteiger partial charge in [-0.3, -0.25) is 0 Å². The van der Waals surface area contributed by atoms with Gasteiger partial charge in [-0.15, -0.1) is 0 Å². The van der Waals surface area contributed by atoms with Crippen LogP contribution in [0, 0.1) is 0 Å². The molecule has 0 unspecified atom stereocenters. The summed E-state index contributed by atoms with van der Waals surface area (Å²) in [5.41, 5.74) is 15.3. The minimum absolute atomic E-state index is 0.0980. The van der Waals surface area contributed by atoms with Gasteiger partial charge in [0, 0.05) is 33.1 Å². The summed E-state index contributed by atoms with van der Waals surface area (Å²) in [4.78, 5) is 2.44. The fourth-order valence-corrected chi connectivity index (χ4v) is 9.05. The maximum absolute atomic E-state index is 6.24. The highest BCUT2D eigenvalue weighted by Gasteiger charge is 2.37. The van der Waals surface area contributed by atoms with E-state index in [0.717, 1.165) is 27.9 Å². The number of hydrogen-bond donors (Lipinski definition) is 0. The Labute approximate surface area is 320 Å². The minimum atomic E-state index is -0.0980. The third-order valence-electron chi connectivity index (χ3n) is 11.9. The van der Waals surface area contributed by atoms with Crippen LogP contribution in [0.3, 0.4) is 0 Å². The molecular weight excluding hydrogens is 667 g/mol. The van der Waals surface area contributed by atoms with Crippen molar-refractivity contribution in [2.24, 2.45) is 0 Å². The molecule has 11 rings (SSSR count). The Hall–Kier alpha value is -6.90. The van der Waals surface area contributed by atoms with Crippen molar-refractivity contribution in [2.75, 3.05) is 4.90 Å². The van der Waals surface area contributed by atoms with E-state index in [4.69, 9.17) is 4.42 Å². The third-order valence-corrected chi connectivity index (χ3v) is 11.9. The first kappa shape index (κ1) is 31.6. The van der Waals surface area contributed by atoms with Crippen molar-refractivity contribution in [3.63, 3.8) is 0 Å². The van der Waals surface area contributed by atoms with Crippen LogP contribution in [0.2, 0.25) is 0 Å². The number of para-hydroxylation sites is 1. The SMILES string of the molecule is CC1(C)c2ccccc2-c2c(N(c3ccc(-c4ccc5ccccc5c4)cc3)c3ccc(-c4ccc5ccc6oc7ccccc7c6c5c4)cc3)cccc21. The van der Waals surface area contributed by atoms with Gasteiger partial charge in [0.05, 0.1) is 5.69 Å². The molecule has 1 aliphatic carbocycles. The van der Waals surface area contributed by atoms with E-state index >= 15 is 0 Å². The van der Waals surface area contributed by atoms with Gasteiger partial charge in [-0.25, -0.2) is 0 Å². The van der Waals surface area contributed by atoms with E-state index in [1.54, 1.807) is 0 Å². The van der Waals surface area contributed by atoms with Gasteiger partial charge in [-0.1, -0.05) is 147 Å². The molecule has 1 heterocycles. The molecule has 0 atom stereocenters. The Morgan fingerprint density at radius 3 is 1.80 bits per heavy atom. The first-order valence-electron chi connectivity index (χ1n) is 19.1. The molecule has 1 aliphatic rings. The van der Waals surface area contributed by atoms with Crippen molar-refractivity contribution in [1.82, 2.24) is 0 Å². The predicted octanol–water partition coefficient (Wildman–Crippen LogP) is 15.0. The summed E-state index contributed by atoms with van der Waals surface area (Å²) in [7, 11) is 0. The second-order valence-electron chi connectivity index (χ2n) is 15.3. The van der Waals surface area contributed by atoms with Crippen molar-refractivity contribution in [3.05, 3.63) is 199 Å². The molecule has 0 amide bonds. The molecule has 0 N–H and O–H groups in total. The van der Waals surface area contributed by atoms with Gasteiger partial charge in [-0.05, 0) is 115 Å². The zero-order valence-corrected chi connectivity index (χ0v) is 30.8. The topological polar surface area (TPSA) is 16.4 Å². The van der Waals surface area contributed by atoms with Crippen LogP contribution in [-0.2, 0) is 5.41 Å². The number of nitrogens with zero attached hydrogens (tertiary/aromatic N) is 1. The quantitative estimate of drug-likeness (QED) is 0.177. The molecule has 2 nitrogen and oxygen atoms in total. The molecule has 0 spiro atoms. The molecule has 0 fully saturated rings. The zero-order valence-electron chi connectivity index (χ0n) is 30.8. The molecule has 260 valence electrons. The second kappa shape index (κ2) is 12.1. The van der Waals surface area contributed by atoms with E-state index in [1.807, 2.05) is 12.1 Å². The van der Waals surface area contributed by atoms with Crippen molar-refractivity contribution in [3.8, 4) is 33.4 Å². The molecular formula is C53H37NO. The van der Waals surface area contributed by atoms with Gasteiger partial charge in [0.25, 0.3) is 0 Å². The smallest absolute Gasteiger partial charge is 0.136 e. The summed E-state index contributed by atoms with van der Waals surface area (Å²) in [5, 5.41) is 7.24. The number of furan rings is 1. The lowest BCUT2D eigenvalue weighted by Crippen LogP contribution is -2.16. The van der Waals surface area contributed by atoms with Crippen LogP contribution in [-0.4, -0.2) is 0 Å². The summed E-state index contributed by atoms with van der Waals surface area (Å²) in [5.74, 6) is 0. The van der Waals surface area contributed by atoms with Gasteiger partial charge < -0.3 is 9.32 Å². The normalized spacial score (nSPS) is 13.1. The molecule has 10 aromatic rings. The van der Waals surface area contributed by atoms with Crippen molar-refractivity contribution < 1.29 is 4.42 Å². The van der Waals surface area contributed by atoms with Gasteiger partial charge in [0.15, 0.2) is 0 Å². The van der Waals surface area contributed by atoms with E-state index in [-0.39, 0.29) is 5.41 Å². The summed E-state index contributed by atoms with van der Waals surface area (Å²) in [6, 6.07) is 68.5. The lowest BCUT2D eigenvalue weighted by Gasteiger charge is -2.29. The molecule has 2 heteroatoms. The highest BCUT2D eigenvalue weighted by Crippen LogP contribution is 2.54. The van der Waals surface area contributed by atoms with Crippen LogP contribution >= 0.6 is 0 Å². The fraction of sp³-hybridized carbons (Fsp3) is 0.0566. The van der Waals surface area contributed by atoms with E-state index in [2.05, 4.69) is 195 Å². The Morgan fingerprint density at radius 2 is 1.02 bits per heavy atom. The Bertz CT molecular complexity index is 3110.